The number of nitrogens with one attached hydrogen (secondary N) is 1. The van der Waals surface area contributed by atoms with Crippen molar-refractivity contribution in [2.75, 3.05) is 18.5 Å². The third kappa shape index (κ3) is 5.18. The van der Waals surface area contributed by atoms with E-state index in [-0.39, 0.29) is 5.82 Å². The van der Waals surface area contributed by atoms with Crippen molar-refractivity contribution in [3.05, 3.63) is 88.9 Å². The smallest absolute Gasteiger partial charge is 0.129 e. The number of anilines is 1. The molecular weight excluding hydrogens is 375 g/mol. The Morgan fingerprint density at radius 2 is 1.97 bits per heavy atom. The van der Waals surface area contributed by atoms with Gasteiger partial charge in [0, 0.05) is 18.7 Å². The Bertz CT molecular complexity index is 971. The fourth-order valence-corrected chi connectivity index (χ4v) is 4.05. The first kappa shape index (κ1) is 20.4. The predicted molar refractivity (Wildman–Crippen MR) is 120 cm³/mol. The molecule has 2 heterocycles. The van der Waals surface area contributed by atoms with Crippen LogP contribution in [0.5, 0.6) is 5.75 Å². The highest BCUT2D eigenvalue weighted by Gasteiger charge is 2.12. The maximum atomic E-state index is 13.6. The van der Waals surface area contributed by atoms with Gasteiger partial charge in [0.2, 0.25) is 0 Å². The van der Waals surface area contributed by atoms with Crippen molar-refractivity contribution in [3.63, 3.8) is 0 Å². The van der Waals surface area contributed by atoms with Gasteiger partial charge in [-0.15, -0.1) is 0 Å². The molecule has 0 amide bonds. The minimum atomic E-state index is -0.168. The highest BCUT2D eigenvalue weighted by atomic mass is 19.1. The maximum Gasteiger partial charge on any atom is 0.129 e. The molecule has 0 aliphatic carbocycles. The van der Waals surface area contributed by atoms with Crippen molar-refractivity contribution >= 4 is 5.82 Å². The second-order valence-corrected chi connectivity index (χ2v) is 7.95. The predicted octanol–water partition coefficient (Wildman–Crippen LogP) is 5.94. The van der Waals surface area contributed by atoms with E-state index >= 15 is 0 Å². The zero-order valence-electron chi connectivity index (χ0n) is 17.5. The lowest BCUT2D eigenvalue weighted by Crippen LogP contribution is -2.14. The zero-order chi connectivity index (χ0) is 20.8. The standard InChI is InChI=1S/C26H29FN2O/c1-2-20(22-5-3-7-23(27)18-22)17-19-8-12-25(13-9-19)30-16-14-24-11-10-21-6-4-15-28-26(21)29-24/h3,5,7-13,18,20H,2,4,6,14-17H2,1H3,(H,28,29)/t20-/m0/s1. The average Bonchev–Trinajstić information content (AvgIpc) is 2.78. The van der Waals surface area contributed by atoms with Gasteiger partial charge < -0.3 is 10.1 Å². The van der Waals surface area contributed by atoms with Crippen LogP contribution in [0, 0.1) is 5.82 Å². The summed E-state index contributed by atoms with van der Waals surface area (Å²) < 4.78 is 19.5. The molecule has 30 heavy (non-hydrogen) atoms. The van der Waals surface area contributed by atoms with Gasteiger partial charge in [-0.1, -0.05) is 37.3 Å². The molecule has 1 atom stereocenters. The normalized spacial score (nSPS) is 13.9. The van der Waals surface area contributed by atoms with Gasteiger partial charge >= 0.3 is 0 Å². The van der Waals surface area contributed by atoms with E-state index < -0.39 is 0 Å². The van der Waals surface area contributed by atoms with Crippen LogP contribution in [-0.2, 0) is 19.3 Å². The average molecular weight is 405 g/mol. The Morgan fingerprint density at radius 1 is 1.10 bits per heavy atom. The van der Waals surface area contributed by atoms with Crippen LogP contribution in [0.2, 0.25) is 0 Å². The van der Waals surface area contributed by atoms with Gasteiger partial charge in [-0.05, 0) is 78.6 Å². The maximum absolute atomic E-state index is 13.6. The molecule has 0 saturated heterocycles. The van der Waals surface area contributed by atoms with E-state index in [0.717, 1.165) is 55.1 Å². The number of pyridine rings is 1. The van der Waals surface area contributed by atoms with Crippen LogP contribution in [0.3, 0.4) is 0 Å². The molecule has 4 heteroatoms. The van der Waals surface area contributed by atoms with Crippen LogP contribution in [-0.4, -0.2) is 18.1 Å². The van der Waals surface area contributed by atoms with Crippen LogP contribution >= 0.6 is 0 Å². The molecule has 0 saturated carbocycles. The summed E-state index contributed by atoms with van der Waals surface area (Å²) in [4.78, 5) is 4.72. The molecule has 3 nitrogen and oxygen atoms in total. The fraction of sp³-hybridized carbons (Fsp3) is 0.346. The molecular formula is C26H29FN2O. The Morgan fingerprint density at radius 3 is 2.77 bits per heavy atom. The molecule has 0 fully saturated rings. The monoisotopic (exact) mass is 404 g/mol. The lowest BCUT2D eigenvalue weighted by Gasteiger charge is -2.17. The van der Waals surface area contributed by atoms with E-state index in [1.807, 2.05) is 18.2 Å². The second kappa shape index (κ2) is 9.75. The molecule has 1 aliphatic heterocycles. The number of fused-ring (bicyclic) bond motifs is 1. The van der Waals surface area contributed by atoms with Crippen molar-refractivity contribution in [3.8, 4) is 5.75 Å². The van der Waals surface area contributed by atoms with Gasteiger partial charge in [0.05, 0.1) is 6.61 Å². The first-order chi connectivity index (χ1) is 14.7. The Kier molecular flexibility index (Phi) is 6.63. The van der Waals surface area contributed by atoms with E-state index in [0.29, 0.717) is 12.5 Å². The number of rotatable bonds is 8. The number of benzene rings is 2. The summed E-state index contributed by atoms with van der Waals surface area (Å²) in [7, 11) is 0. The van der Waals surface area contributed by atoms with Crippen LogP contribution in [0.25, 0.3) is 0 Å². The number of hydrogen-bond donors (Lipinski definition) is 1. The highest BCUT2D eigenvalue weighted by molar-refractivity contribution is 5.47. The lowest BCUT2D eigenvalue weighted by atomic mass is 9.90. The van der Waals surface area contributed by atoms with Crippen molar-refractivity contribution < 1.29 is 9.13 Å². The Balaban J connectivity index is 1.30. The molecule has 1 aliphatic rings. The van der Waals surface area contributed by atoms with Gasteiger partial charge in [-0.2, -0.15) is 0 Å². The van der Waals surface area contributed by atoms with Crippen LogP contribution in [0.4, 0.5) is 10.2 Å². The zero-order valence-corrected chi connectivity index (χ0v) is 17.5. The number of aryl methyl sites for hydroxylation is 1. The summed E-state index contributed by atoms with van der Waals surface area (Å²) in [5.74, 6) is 2.05. The van der Waals surface area contributed by atoms with E-state index in [2.05, 4.69) is 36.5 Å². The van der Waals surface area contributed by atoms with Gasteiger partial charge in [0.15, 0.2) is 0 Å². The topological polar surface area (TPSA) is 34.1 Å². The summed E-state index contributed by atoms with van der Waals surface area (Å²) in [6, 6.07) is 19.5. The van der Waals surface area contributed by atoms with Crippen LogP contribution in [0.1, 0.15) is 48.1 Å². The molecule has 0 bridgehead atoms. The molecule has 4 rings (SSSR count). The molecule has 0 radical (unpaired) electrons. The molecule has 0 spiro atoms. The summed E-state index contributed by atoms with van der Waals surface area (Å²) >= 11 is 0. The van der Waals surface area contributed by atoms with Crippen molar-refractivity contribution in [2.24, 2.45) is 0 Å². The molecule has 156 valence electrons. The van der Waals surface area contributed by atoms with Crippen molar-refractivity contribution in [1.82, 2.24) is 4.98 Å². The van der Waals surface area contributed by atoms with Crippen molar-refractivity contribution in [2.45, 2.75) is 44.9 Å². The lowest BCUT2D eigenvalue weighted by molar-refractivity contribution is 0.320. The quantitative estimate of drug-likeness (QED) is 0.505. The van der Waals surface area contributed by atoms with Gasteiger partial charge in [0.1, 0.15) is 17.4 Å². The largest absolute Gasteiger partial charge is 0.493 e. The molecule has 1 aromatic heterocycles. The number of aromatic nitrogens is 1. The van der Waals surface area contributed by atoms with Crippen LogP contribution < -0.4 is 10.1 Å². The second-order valence-electron chi connectivity index (χ2n) is 7.95. The van der Waals surface area contributed by atoms with E-state index in [1.54, 1.807) is 12.1 Å². The van der Waals surface area contributed by atoms with E-state index in [4.69, 9.17) is 9.72 Å². The first-order valence-corrected chi connectivity index (χ1v) is 10.9. The first-order valence-electron chi connectivity index (χ1n) is 10.9. The van der Waals surface area contributed by atoms with Gasteiger partial charge in [0.25, 0.3) is 0 Å². The van der Waals surface area contributed by atoms with E-state index in [1.165, 1.54) is 23.6 Å². The summed E-state index contributed by atoms with van der Waals surface area (Å²) in [5.41, 5.74) is 4.66. The third-order valence-corrected chi connectivity index (χ3v) is 5.80. The Labute approximate surface area is 178 Å². The summed E-state index contributed by atoms with van der Waals surface area (Å²) in [6.07, 6.45) is 4.94. The molecule has 2 aromatic carbocycles. The van der Waals surface area contributed by atoms with Gasteiger partial charge in [-0.3, -0.25) is 0 Å². The number of halogens is 1. The SMILES string of the molecule is CC[C@@H](Cc1ccc(OCCc2ccc3c(n2)NCCC3)cc1)c1cccc(F)c1. The number of ether oxygens (including phenoxy) is 1. The van der Waals surface area contributed by atoms with Crippen LogP contribution in [0.15, 0.2) is 60.7 Å². The third-order valence-electron chi connectivity index (χ3n) is 5.80. The summed E-state index contributed by atoms with van der Waals surface area (Å²) in [5, 5.41) is 3.38. The molecule has 1 N–H and O–H groups in total. The van der Waals surface area contributed by atoms with Gasteiger partial charge in [-0.25, -0.2) is 9.37 Å². The minimum absolute atomic E-state index is 0.168. The van der Waals surface area contributed by atoms with E-state index in [9.17, 15) is 4.39 Å². The minimum Gasteiger partial charge on any atom is -0.493 e. The molecule has 0 unspecified atom stereocenters. The molecule has 3 aromatic rings. The number of nitrogens with zero attached hydrogens (tertiary/aromatic N) is 1. The summed E-state index contributed by atoms with van der Waals surface area (Å²) in [6.45, 7) is 3.76. The fourth-order valence-electron chi connectivity index (χ4n) is 4.05. The highest BCUT2D eigenvalue weighted by Crippen LogP contribution is 2.26. The Hall–Kier alpha value is -2.88. The van der Waals surface area contributed by atoms with Crippen molar-refractivity contribution in [1.29, 1.82) is 0 Å². The number of hydrogen-bond acceptors (Lipinski definition) is 3.